The standard InChI is InChI=1S/C9H11N3O/c1-4-5-13-12-9-10-6-7(2)8(3)11-9/h1,6H,5H2,2-3H3,(H,10,11,12). The molecule has 4 nitrogen and oxygen atoms in total. The van der Waals surface area contributed by atoms with Crippen molar-refractivity contribution in [3.8, 4) is 12.3 Å². The van der Waals surface area contributed by atoms with Crippen LogP contribution in [0.4, 0.5) is 5.95 Å². The maximum atomic E-state index is 4.99. The number of hydrogen-bond acceptors (Lipinski definition) is 4. The molecule has 68 valence electrons. The van der Waals surface area contributed by atoms with Crippen molar-refractivity contribution in [3.05, 3.63) is 17.5 Å². The van der Waals surface area contributed by atoms with Gasteiger partial charge in [-0.2, -0.15) is 0 Å². The van der Waals surface area contributed by atoms with Crippen LogP contribution in [-0.2, 0) is 4.84 Å². The highest BCUT2D eigenvalue weighted by atomic mass is 16.6. The first-order chi connectivity index (χ1) is 6.24. The molecule has 0 unspecified atom stereocenters. The van der Waals surface area contributed by atoms with Gasteiger partial charge in [-0.3, -0.25) is 4.84 Å². The van der Waals surface area contributed by atoms with Crippen molar-refractivity contribution in [2.24, 2.45) is 0 Å². The third-order valence-electron chi connectivity index (χ3n) is 1.54. The van der Waals surface area contributed by atoms with Gasteiger partial charge in [0, 0.05) is 11.9 Å². The summed E-state index contributed by atoms with van der Waals surface area (Å²) in [5.74, 6) is 2.75. The van der Waals surface area contributed by atoms with Gasteiger partial charge in [-0.1, -0.05) is 5.92 Å². The van der Waals surface area contributed by atoms with Crippen LogP contribution in [-0.4, -0.2) is 16.6 Å². The molecule has 1 rings (SSSR count). The zero-order valence-electron chi connectivity index (χ0n) is 7.66. The summed E-state index contributed by atoms with van der Waals surface area (Å²) in [5.41, 5.74) is 4.51. The minimum atomic E-state index is 0.191. The Kier molecular flexibility index (Phi) is 3.23. The predicted molar refractivity (Wildman–Crippen MR) is 49.9 cm³/mol. The number of aryl methyl sites for hydroxylation is 2. The molecule has 0 fully saturated rings. The van der Waals surface area contributed by atoms with Gasteiger partial charge in [-0.05, 0) is 19.4 Å². The van der Waals surface area contributed by atoms with Crippen molar-refractivity contribution in [2.75, 3.05) is 12.1 Å². The molecular formula is C9H11N3O. The second kappa shape index (κ2) is 4.43. The lowest BCUT2D eigenvalue weighted by atomic mass is 10.3. The van der Waals surface area contributed by atoms with Gasteiger partial charge in [0.05, 0.1) is 0 Å². The molecule has 1 aromatic rings. The van der Waals surface area contributed by atoms with Crippen molar-refractivity contribution in [1.29, 1.82) is 0 Å². The minimum Gasteiger partial charge on any atom is -0.261 e. The highest BCUT2D eigenvalue weighted by Gasteiger charge is 1.97. The van der Waals surface area contributed by atoms with E-state index in [0.717, 1.165) is 11.3 Å². The Hall–Kier alpha value is -1.60. The fourth-order valence-corrected chi connectivity index (χ4v) is 0.719. The zero-order chi connectivity index (χ0) is 9.68. The average Bonchev–Trinajstić information content (AvgIpc) is 2.12. The van der Waals surface area contributed by atoms with Crippen molar-refractivity contribution in [1.82, 2.24) is 9.97 Å². The van der Waals surface area contributed by atoms with E-state index in [-0.39, 0.29) is 6.61 Å². The third-order valence-corrected chi connectivity index (χ3v) is 1.54. The largest absolute Gasteiger partial charge is 0.261 e. The number of hydrogen-bond donors (Lipinski definition) is 1. The first-order valence-corrected chi connectivity index (χ1v) is 3.85. The first-order valence-electron chi connectivity index (χ1n) is 3.85. The summed E-state index contributed by atoms with van der Waals surface area (Å²) in [5, 5.41) is 0. The summed E-state index contributed by atoms with van der Waals surface area (Å²) in [6.07, 6.45) is 6.72. The Labute approximate surface area is 77.3 Å². The maximum absolute atomic E-state index is 4.99. The molecule has 0 saturated carbocycles. The number of nitrogens with zero attached hydrogens (tertiary/aromatic N) is 2. The summed E-state index contributed by atoms with van der Waals surface area (Å²) in [6.45, 7) is 4.04. The number of nitrogens with one attached hydrogen (secondary N) is 1. The van der Waals surface area contributed by atoms with E-state index in [0.29, 0.717) is 5.95 Å². The molecule has 0 amide bonds. The number of anilines is 1. The molecule has 4 heteroatoms. The monoisotopic (exact) mass is 177 g/mol. The molecule has 0 aromatic carbocycles. The van der Waals surface area contributed by atoms with Crippen LogP contribution in [0.2, 0.25) is 0 Å². The molecule has 0 saturated heterocycles. The molecule has 0 spiro atoms. The van der Waals surface area contributed by atoms with Crippen molar-refractivity contribution >= 4 is 5.95 Å². The first kappa shape index (κ1) is 9.49. The highest BCUT2D eigenvalue weighted by molar-refractivity contribution is 5.25. The van der Waals surface area contributed by atoms with Crippen LogP contribution in [0.25, 0.3) is 0 Å². The average molecular weight is 177 g/mol. The summed E-state index contributed by atoms with van der Waals surface area (Å²) < 4.78 is 0. The van der Waals surface area contributed by atoms with E-state index in [2.05, 4.69) is 21.4 Å². The normalized spacial score (nSPS) is 9.31. The van der Waals surface area contributed by atoms with Crippen LogP contribution < -0.4 is 5.48 Å². The highest BCUT2D eigenvalue weighted by Crippen LogP contribution is 2.04. The number of aromatic nitrogens is 2. The Bertz CT molecular complexity index is 330. The molecule has 0 aliphatic heterocycles. The van der Waals surface area contributed by atoms with E-state index in [1.807, 2.05) is 13.8 Å². The van der Waals surface area contributed by atoms with Gasteiger partial charge in [0.25, 0.3) is 0 Å². The van der Waals surface area contributed by atoms with Gasteiger partial charge in [-0.15, -0.1) is 6.42 Å². The van der Waals surface area contributed by atoms with E-state index >= 15 is 0 Å². The Morgan fingerprint density at radius 3 is 3.00 bits per heavy atom. The Morgan fingerprint density at radius 1 is 1.62 bits per heavy atom. The molecule has 1 N–H and O–H groups in total. The van der Waals surface area contributed by atoms with Gasteiger partial charge >= 0.3 is 0 Å². The van der Waals surface area contributed by atoms with Gasteiger partial charge in [0.1, 0.15) is 6.61 Å². The molecule has 0 aliphatic rings. The van der Waals surface area contributed by atoms with Crippen molar-refractivity contribution in [2.45, 2.75) is 13.8 Å². The van der Waals surface area contributed by atoms with Gasteiger partial charge in [0.2, 0.25) is 5.95 Å². The van der Waals surface area contributed by atoms with Gasteiger partial charge in [0.15, 0.2) is 0 Å². The molecule has 1 aromatic heterocycles. The lowest BCUT2D eigenvalue weighted by molar-refractivity contribution is 0.230. The topological polar surface area (TPSA) is 47.0 Å². The predicted octanol–water partition coefficient (Wildman–Crippen LogP) is 1.07. The van der Waals surface area contributed by atoms with E-state index in [1.54, 1.807) is 6.20 Å². The summed E-state index contributed by atoms with van der Waals surface area (Å²) in [7, 11) is 0. The number of terminal acetylenes is 1. The summed E-state index contributed by atoms with van der Waals surface area (Å²) >= 11 is 0. The number of rotatable bonds is 3. The van der Waals surface area contributed by atoms with Crippen LogP contribution in [0.1, 0.15) is 11.3 Å². The second-order valence-electron chi connectivity index (χ2n) is 2.56. The fraction of sp³-hybridized carbons (Fsp3) is 0.333. The van der Waals surface area contributed by atoms with E-state index in [4.69, 9.17) is 11.3 Å². The Morgan fingerprint density at radius 2 is 2.38 bits per heavy atom. The fourth-order valence-electron chi connectivity index (χ4n) is 0.719. The van der Waals surface area contributed by atoms with Crippen LogP contribution in [0.15, 0.2) is 6.20 Å². The molecule has 0 aliphatic carbocycles. The second-order valence-corrected chi connectivity index (χ2v) is 2.56. The smallest absolute Gasteiger partial charge is 0.247 e. The summed E-state index contributed by atoms with van der Waals surface area (Å²) in [6, 6.07) is 0. The molecule has 0 radical (unpaired) electrons. The molecular weight excluding hydrogens is 166 g/mol. The lowest BCUT2D eigenvalue weighted by Gasteiger charge is -2.04. The molecule has 0 bridgehead atoms. The van der Waals surface area contributed by atoms with Crippen LogP contribution in [0, 0.1) is 26.2 Å². The minimum absolute atomic E-state index is 0.191. The van der Waals surface area contributed by atoms with Crippen LogP contribution >= 0.6 is 0 Å². The van der Waals surface area contributed by atoms with Crippen LogP contribution in [0.5, 0.6) is 0 Å². The quantitative estimate of drug-likeness (QED) is 0.426. The van der Waals surface area contributed by atoms with E-state index in [9.17, 15) is 0 Å². The molecule has 0 atom stereocenters. The van der Waals surface area contributed by atoms with E-state index < -0.39 is 0 Å². The van der Waals surface area contributed by atoms with Gasteiger partial charge in [-0.25, -0.2) is 15.4 Å². The van der Waals surface area contributed by atoms with Crippen LogP contribution in [0.3, 0.4) is 0 Å². The molecule has 1 heterocycles. The molecule has 13 heavy (non-hydrogen) atoms. The maximum Gasteiger partial charge on any atom is 0.247 e. The SMILES string of the molecule is C#CCONc1ncc(C)c(C)n1. The van der Waals surface area contributed by atoms with Gasteiger partial charge < -0.3 is 0 Å². The van der Waals surface area contributed by atoms with Crippen molar-refractivity contribution in [3.63, 3.8) is 0 Å². The lowest BCUT2D eigenvalue weighted by Crippen LogP contribution is -2.06. The zero-order valence-corrected chi connectivity index (χ0v) is 7.66. The summed E-state index contributed by atoms with van der Waals surface area (Å²) in [4.78, 5) is 13.0. The van der Waals surface area contributed by atoms with E-state index in [1.165, 1.54) is 0 Å². The third kappa shape index (κ3) is 2.73. The van der Waals surface area contributed by atoms with Crippen molar-refractivity contribution < 1.29 is 4.84 Å². The Balaban J connectivity index is 2.59.